The monoisotopic (exact) mass is 325 g/mol. The molecule has 1 amide bonds. The van der Waals surface area contributed by atoms with Crippen molar-refractivity contribution in [1.82, 2.24) is 19.9 Å². The van der Waals surface area contributed by atoms with Crippen molar-refractivity contribution in [1.29, 1.82) is 0 Å². The molecule has 1 aliphatic carbocycles. The lowest BCUT2D eigenvalue weighted by Gasteiger charge is -2.17. The van der Waals surface area contributed by atoms with Crippen molar-refractivity contribution in [2.75, 3.05) is 18.4 Å². The topological polar surface area (TPSA) is 73.9 Å². The van der Waals surface area contributed by atoms with Crippen LogP contribution in [0.4, 0.5) is 5.82 Å². The SMILES string of the molecule is O=C(c1ccnc(NC2CCCC2)c1)N1CCC(c2ncc[nH]2)C1. The molecule has 2 N–H and O–H groups in total. The maximum atomic E-state index is 12.8. The second-order valence-corrected chi connectivity index (χ2v) is 6.77. The van der Waals surface area contributed by atoms with E-state index in [0.717, 1.165) is 31.2 Å². The third-order valence-electron chi connectivity index (χ3n) is 5.10. The summed E-state index contributed by atoms with van der Waals surface area (Å²) in [6, 6.07) is 4.20. The molecule has 2 fully saturated rings. The van der Waals surface area contributed by atoms with Crippen LogP contribution >= 0.6 is 0 Å². The summed E-state index contributed by atoms with van der Waals surface area (Å²) in [6.07, 6.45) is 11.2. The Bertz CT molecular complexity index is 693. The Hall–Kier alpha value is -2.37. The maximum Gasteiger partial charge on any atom is 0.254 e. The minimum atomic E-state index is 0.0842. The lowest BCUT2D eigenvalue weighted by atomic mass is 10.1. The second kappa shape index (κ2) is 6.63. The highest BCUT2D eigenvalue weighted by molar-refractivity contribution is 5.95. The van der Waals surface area contributed by atoms with E-state index in [1.165, 1.54) is 25.7 Å². The molecule has 1 unspecified atom stereocenters. The number of carbonyl (C=O) groups is 1. The Labute approximate surface area is 141 Å². The van der Waals surface area contributed by atoms with Gasteiger partial charge in [-0.15, -0.1) is 0 Å². The normalized spacial score (nSPS) is 21.3. The quantitative estimate of drug-likeness (QED) is 0.906. The number of rotatable bonds is 4. The molecule has 1 aliphatic heterocycles. The van der Waals surface area contributed by atoms with Crippen LogP contribution in [0.5, 0.6) is 0 Å². The summed E-state index contributed by atoms with van der Waals surface area (Å²) >= 11 is 0. The van der Waals surface area contributed by atoms with Crippen molar-refractivity contribution in [3.05, 3.63) is 42.1 Å². The van der Waals surface area contributed by atoms with E-state index in [9.17, 15) is 4.79 Å². The van der Waals surface area contributed by atoms with Gasteiger partial charge in [-0.2, -0.15) is 0 Å². The molecule has 126 valence electrons. The number of aromatic amines is 1. The fraction of sp³-hybridized carbons (Fsp3) is 0.500. The first-order valence-corrected chi connectivity index (χ1v) is 8.81. The molecule has 2 aromatic heterocycles. The number of nitrogens with zero attached hydrogens (tertiary/aromatic N) is 3. The zero-order chi connectivity index (χ0) is 16.4. The third kappa shape index (κ3) is 3.13. The van der Waals surface area contributed by atoms with Gasteiger partial charge in [-0.05, 0) is 31.4 Å². The molecular formula is C18H23N5O. The average Bonchev–Trinajstić information content (AvgIpc) is 3.35. The molecule has 1 saturated heterocycles. The number of pyridine rings is 1. The largest absolute Gasteiger partial charge is 0.367 e. The van der Waals surface area contributed by atoms with Crippen molar-refractivity contribution >= 4 is 11.7 Å². The van der Waals surface area contributed by atoms with Crippen molar-refractivity contribution in [3.63, 3.8) is 0 Å². The second-order valence-electron chi connectivity index (χ2n) is 6.77. The number of H-pyrrole nitrogens is 1. The van der Waals surface area contributed by atoms with E-state index < -0.39 is 0 Å². The van der Waals surface area contributed by atoms with E-state index in [1.54, 1.807) is 12.4 Å². The standard InChI is InChI=1S/C18H23N5O/c24-18(23-10-6-14(12-23)17-20-8-9-21-17)13-5-7-19-16(11-13)22-15-3-1-2-4-15/h5,7-9,11,14-15H,1-4,6,10,12H2,(H,19,22)(H,20,21). The molecule has 3 heterocycles. The Morgan fingerprint density at radius 1 is 1.21 bits per heavy atom. The summed E-state index contributed by atoms with van der Waals surface area (Å²) in [4.78, 5) is 26.6. The van der Waals surface area contributed by atoms with Gasteiger partial charge < -0.3 is 15.2 Å². The first-order valence-electron chi connectivity index (χ1n) is 8.81. The van der Waals surface area contributed by atoms with Gasteiger partial charge in [-0.1, -0.05) is 12.8 Å². The highest BCUT2D eigenvalue weighted by Gasteiger charge is 2.29. The van der Waals surface area contributed by atoms with Crippen LogP contribution < -0.4 is 5.32 Å². The molecule has 24 heavy (non-hydrogen) atoms. The Kier molecular flexibility index (Phi) is 4.19. The van der Waals surface area contributed by atoms with Gasteiger partial charge in [0.15, 0.2) is 0 Å². The van der Waals surface area contributed by atoms with Crippen LogP contribution in [0.2, 0.25) is 0 Å². The van der Waals surface area contributed by atoms with Crippen LogP contribution in [0.3, 0.4) is 0 Å². The molecule has 6 heteroatoms. The van der Waals surface area contributed by atoms with Gasteiger partial charge in [0, 0.05) is 49.2 Å². The summed E-state index contributed by atoms with van der Waals surface area (Å²) in [5, 5.41) is 3.46. The number of nitrogens with one attached hydrogen (secondary N) is 2. The van der Waals surface area contributed by atoms with Gasteiger partial charge in [0.25, 0.3) is 5.91 Å². The van der Waals surface area contributed by atoms with Crippen LogP contribution in [0, 0.1) is 0 Å². The van der Waals surface area contributed by atoms with Crippen LogP contribution in [0.1, 0.15) is 54.2 Å². The smallest absolute Gasteiger partial charge is 0.254 e. The van der Waals surface area contributed by atoms with Crippen LogP contribution in [-0.2, 0) is 0 Å². The van der Waals surface area contributed by atoms with Gasteiger partial charge >= 0.3 is 0 Å². The summed E-state index contributed by atoms with van der Waals surface area (Å²) in [5.74, 6) is 2.18. The fourth-order valence-electron chi connectivity index (χ4n) is 3.77. The average molecular weight is 325 g/mol. The lowest BCUT2D eigenvalue weighted by Crippen LogP contribution is -2.28. The van der Waals surface area contributed by atoms with E-state index >= 15 is 0 Å². The molecule has 0 spiro atoms. The Morgan fingerprint density at radius 2 is 2.08 bits per heavy atom. The molecule has 1 saturated carbocycles. The molecular weight excluding hydrogens is 302 g/mol. The van der Waals surface area contributed by atoms with Crippen molar-refractivity contribution in [3.8, 4) is 0 Å². The van der Waals surface area contributed by atoms with E-state index in [2.05, 4.69) is 20.3 Å². The van der Waals surface area contributed by atoms with E-state index in [-0.39, 0.29) is 5.91 Å². The zero-order valence-electron chi connectivity index (χ0n) is 13.7. The van der Waals surface area contributed by atoms with E-state index in [4.69, 9.17) is 0 Å². The van der Waals surface area contributed by atoms with Gasteiger partial charge in [-0.3, -0.25) is 4.79 Å². The van der Waals surface area contributed by atoms with E-state index in [1.807, 2.05) is 23.2 Å². The number of aromatic nitrogens is 3. The predicted molar refractivity (Wildman–Crippen MR) is 92.0 cm³/mol. The lowest BCUT2D eigenvalue weighted by molar-refractivity contribution is 0.0790. The third-order valence-corrected chi connectivity index (χ3v) is 5.10. The van der Waals surface area contributed by atoms with Crippen molar-refractivity contribution < 1.29 is 4.79 Å². The fourth-order valence-corrected chi connectivity index (χ4v) is 3.77. The first kappa shape index (κ1) is 15.2. The molecule has 0 aromatic carbocycles. The predicted octanol–water partition coefficient (Wildman–Crippen LogP) is 2.79. The van der Waals surface area contributed by atoms with Gasteiger partial charge in [0.05, 0.1) is 0 Å². The van der Waals surface area contributed by atoms with Gasteiger partial charge in [0.1, 0.15) is 11.6 Å². The number of hydrogen-bond acceptors (Lipinski definition) is 4. The zero-order valence-corrected chi connectivity index (χ0v) is 13.7. The van der Waals surface area contributed by atoms with Crippen molar-refractivity contribution in [2.45, 2.75) is 44.1 Å². The van der Waals surface area contributed by atoms with Crippen LogP contribution in [-0.4, -0.2) is 44.9 Å². The van der Waals surface area contributed by atoms with Crippen LogP contribution in [0.25, 0.3) is 0 Å². The molecule has 2 aromatic rings. The minimum Gasteiger partial charge on any atom is -0.367 e. The molecule has 0 bridgehead atoms. The van der Waals surface area contributed by atoms with Crippen LogP contribution in [0.15, 0.2) is 30.7 Å². The number of hydrogen-bond donors (Lipinski definition) is 2. The number of amides is 1. The summed E-state index contributed by atoms with van der Waals surface area (Å²) in [7, 11) is 0. The maximum absolute atomic E-state index is 12.8. The first-order chi connectivity index (χ1) is 11.8. The molecule has 2 aliphatic rings. The highest BCUT2D eigenvalue weighted by atomic mass is 16.2. The Balaban J connectivity index is 1.42. The number of carbonyl (C=O) groups excluding carboxylic acids is 1. The molecule has 6 nitrogen and oxygen atoms in total. The highest BCUT2D eigenvalue weighted by Crippen LogP contribution is 2.26. The summed E-state index contributed by atoms with van der Waals surface area (Å²) in [6.45, 7) is 1.50. The summed E-state index contributed by atoms with van der Waals surface area (Å²) < 4.78 is 0. The number of anilines is 1. The number of imidazole rings is 1. The molecule has 1 atom stereocenters. The molecule has 0 radical (unpaired) electrons. The molecule has 4 rings (SSSR count). The van der Waals surface area contributed by atoms with Gasteiger partial charge in [-0.25, -0.2) is 9.97 Å². The minimum absolute atomic E-state index is 0.0842. The van der Waals surface area contributed by atoms with Gasteiger partial charge in [0.2, 0.25) is 0 Å². The van der Waals surface area contributed by atoms with E-state index in [0.29, 0.717) is 17.5 Å². The Morgan fingerprint density at radius 3 is 2.88 bits per heavy atom. The van der Waals surface area contributed by atoms with Crippen molar-refractivity contribution in [2.24, 2.45) is 0 Å². The summed E-state index contributed by atoms with van der Waals surface area (Å²) in [5.41, 5.74) is 0.714. The number of likely N-dealkylation sites (tertiary alicyclic amines) is 1.